The van der Waals surface area contributed by atoms with E-state index in [0.29, 0.717) is 33.7 Å². The number of carbonyl (C=O) groups excluding carboxylic acids is 2. The third kappa shape index (κ3) is 3.97. The minimum absolute atomic E-state index is 0.258. The van der Waals surface area contributed by atoms with Crippen molar-refractivity contribution in [2.24, 2.45) is 5.73 Å². The fourth-order valence-electron chi connectivity index (χ4n) is 4.08. The van der Waals surface area contributed by atoms with E-state index in [1.807, 2.05) is 24.3 Å². The number of amides is 2. The molecule has 0 spiro atoms. The standard InChI is InChI=1S/C26H20N2O6/c27-20(29)14-32-17-12-10-15(11-13-17)21-22-23(18-8-4-5-9-19(18)33-26(22)31)34-24(21)25(30)28-16-6-2-1-3-7-16/h1-13,21,24H,14H2,(H2,27,29)(H,28,30)/t21-,24-/m0/s1. The molecule has 1 aliphatic heterocycles. The SMILES string of the molecule is NC(=O)COc1ccc([C@H]2c3c(c4ccccc4oc3=O)O[C@@H]2C(=O)Nc2ccccc2)cc1. The minimum atomic E-state index is -1.01. The molecule has 5 rings (SSSR count). The van der Waals surface area contributed by atoms with Gasteiger partial charge in [0.25, 0.3) is 11.8 Å². The third-order valence-electron chi connectivity index (χ3n) is 5.58. The summed E-state index contributed by atoms with van der Waals surface area (Å²) in [5.74, 6) is -0.948. The van der Waals surface area contributed by atoms with Gasteiger partial charge in [-0.15, -0.1) is 0 Å². The fourth-order valence-corrected chi connectivity index (χ4v) is 4.08. The predicted molar refractivity (Wildman–Crippen MR) is 125 cm³/mol. The second-order valence-corrected chi connectivity index (χ2v) is 7.82. The van der Waals surface area contributed by atoms with Crippen molar-refractivity contribution in [1.29, 1.82) is 0 Å². The average molecular weight is 456 g/mol. The van der Waals surface area contributed by atoms with E-state index in [1.165, 1.54) is 0 Å². The number of fused-ring (bicyclic) bond motifs is 3. The number of anilines is 1. The maximum Gasteiger partial charge on any atom is 0.344 e. The van der Waals surface area contributed by atoms with Crippen molar-refractivity contribution in [3.8, 4) is 11.5 Å². The van der Waals surface area contributed by atoms with E-state index in [-0.39, 0.29) is 12.2 Å². The van der Waals surface area contributed by atoms with E-state index in [0.717, 1.165) is 0 Å². The molecule has 3 N–H and O–H groups in total. The third-order valence-corrected chi connectivity index (χ3v) is 5.58. The van der Waals surface area contributed by atoms with Gasteiger partial charge in [0, 0.05) is 5.69 Å². The summed E-state index contributed by atoms with van der Waals surface area (Å²) in [4.78, 5) is 37.3. The maximum atomic E-state index is 13.3. The Morgan fingerprint density at radius 1 is 0.941 bits per heavy atom. The van der Waals surface area contributed by atoms with Gasteiger partial charge in [-0.05, 0) is 42.0 Å². The highest BCUT2D eigenvalue weighted by Gasteiger charge is 2.44. The number of primary amides is 1. The minimum Gasteiger partial charge on any atom is -0.484 e. The van der Waals surface area contributed by atoms with Gasteiger partial charge in [0.2, 0.25) is 0 Å². The van der Waals surface area contributed by atoms with Gasteiger partial charge in [-0.3, -0.25) is 9.59 Å². The Labute approximate surface area is 193 Å². The molecular formula is C26H20N2O6. The monoisotopic (exact) mass is 456 g/mol. The summed E-state index contributed by atoms with van der Waals surface area (Å²) >= 11 is 0. The average Bonchev–Trinajstić information content (AvgIpc) is 3.26. The number of benzene rings is 3. The largest absolute Gasteiger partial charge is 0.484 e. The number of hydrogen-bond donors (Lipinski definition) is 2. The van der Waals surface area contributed by atoms with Crippen molar-refractivity contribution in [1.82, 2.24) is 0 Å². The van der Waals surface area contributed by atoms with Gasteiger partial charge in [-0.25, -0.2) is 4.79 Å². The number of ether oxygens (including phenoxy) is 2. The van der Waals surface area contributed by atoms with E-state index < -0.39 is 29.5 Å². The maximum absolute atomic E-state index is 13.3. The molecule has 1 aliphatic rings. The molecule has 3 aromatic carbocycles. The number of rotatable bonds is 6. The van der Waals surface area contributed by atoms with Gasteiger partial charge in [0.05, 0.1) is 16.9 Å². The summed E-state index contributed by atoms with van der Waals surface area (Å²) in [5, 5.41) is 3.47. The van der Waals surface area contributed by atoms with Crippen LogP contribution >= 0.6 is 0 Å². The van der Waals surface area contributed by atoms with Crippen LogP contribution in [0.25, 0.3) is 11.0 Å². The lowest BCUT2D eigenvalue weighted by molar-refractivity contribution is -0.122. The first-order chi connectivity index (χ1) is 16.5. The molecule has 8 nitrogen and oxygen atoms in total. The molecule has 0 radical (unpaired) electrons. The van der Waals surface area contributed by atoms with Crippen LogP contribution in [0.3, 0.4) is 0 Å². The molecule has 0 saturated heterocycles. The Hall–Kier alpha value is -4.59. The van der Waals surface area contributed by atoms with Crippen LogP contribution in [0.2, 0.25) is 0 Å². The molecule has 170 valence electrons. The second kappa shape index (κ2) is 8.74. The number of para-hydroxylation sites is 2. The summed E-state index contributed by atoms with van der Waals surface area (Å²) in [6, 6.07) is 22.8. The summed E-state index contributed by atoms with van der Waals surface area (Å²) in [6.45, 7) is -0.258. The zero-order valence-corrected chi connectivity index (χ0v) is 17.9. The van der Waals surface area contributed by atoms with Crippen molar-refractivity contribution in [3.05, 3.63) is 100 Å². The van der Waals surface area contributed by atoms with Gasteiger partial charge in [0.15, 0.2) is 12.7 Å². The molecule has 4 aromatic rings. The Morgan fingerprint density at radius 2 is 1.65 bits per heavy atom. The molecule has 2 heterocycles. The highest BCUT2D eigenvalue weighted by Crippen LogP contribution is 2.44. The lowest BCUT2D eigenvalue weighted by Crippen LogP contribution is -2.35. The molecule has 0 saturated carbocycles. The molecule has 8 heteroatoms. The first kappa shape index (κ1) is 21.3. The first-order valence-electron chi connectivity index (χ1n) is 10.6. The van der Waals surface area contributed by atoms with E-state index in [2.05, 4.69) is 5.32 Å². The van der Waals surface area contributed by atoms with Gasteiger partial charge in [-0.2, -0.15) is 0 Å². The molecule has 0 bridgehead atoms. The Balaban J connectivity index is 1.57. The van der Waals surface area contributed by atoms with Crippen LogP contribution in [0.15, 0.2) is 88.1 Å². The van der Waals surface area contributed by atoms with Crippen molar-refractivity contribution in [3.63, 3.8) is 0 Å². The molecule has 34 heavy (non-hydrogen) atoms. The Morgan fingerprint density at radius 3 is 2.38 bits per heavy atom. The summed E-state index contributed by atoms with van der Waals surface area (Å²) in [5.41, 5.74) is 6.48. The molecular weight excluding hydrogens is 436 g/mol. The molecule has 1 aromatic heterocycles. The topological polar surface area (TPSA) is 121 Å². The lowest BCUT2D eigenvalue weighted by atomic mass is 9.88. The van der Waals surface area contributed by atoms with Crippen molar-refractivity contribution >= 4 is 28.5 Å². The number of carbonyl (C=O) groups is 2. The quantitative estimate of drug-likeness (QED) is 0.430. The molecule has 0 aliphatic carbocycles. The van der Waals surface area contributed by atoms with Gasteiger partial charge in [0.1, 0.15) is 17.1 Å². The first-order valence-corrected chi connectivity index (χ1v) is 10.6. The Bertz CT molecular complexity index is 1430. The molecule has 2 amide bonds. The number of nitrogens with two attached hydrogens (primary N) is 1. The van der Waals surface area contributed by atoms with Gasteiger partial charge >= 0.3 is 5.63 Å². The predicted octanol–water partition coefficient (Wildman–Crippen LogP) is 3.19. The smallest absolute Gasteiger partial charge is 0.344 e. The normalized spacial score (nSPS) is 16.5. The summed E-state index contributed by atoms with van der Waals surface area (Å²) in [7, 11) is 0. The van der Waals surface area contributed by atoms with Gasteiger partial charge in [-0.1, -0.05) is 42.5 Å². The van der Waals surface area contributed by atoms with Crippen LogP contribution < -0.4 is 26.1 Å². The molecule has 0 unspecified atom stereocenters. The van der Waals surface area contributed by atoms with Crippen molar-refractivity contribution < 1.29 is 23.5 Å². The van der Waals surface area contributed by atoms with Crippen LogP contribution in [0.4, 0.5) is 5.69 Å². The zero-order chi connectivity index (χ0) is 23.7. The number of nitrogens with one attached hydrogen (secondary N) is 1. The van der Waals surface area contributed by atoms with E-state index in [1.54, 1.807) is 54.6 Å². The number of hydrogen-bond acceptors (Lipinski definition) is 6. The van der Waals surface area contributed by atoms with Crippen LogP contribution in [0.5, 0.6) is 11.5 Å². The summed E-state index contributed by atoms with van der Waals surface area (Å²) < 4.78 is 17.0. The van der Waals surface area contributed by atoms with Crippen LogP contribution in [-0.4, -0.2) is 24.5 Å². The highest BCUT2D eigenvalue weighted by molar-refractivity contribution is 5.97. The van der Waals surface area contributed by atoms with E-state index >= 15 is 0 Å². The fraction of sp³-hybridized carbons (Fsp3) is 0.115. The Kier molecular flexibility index (Phi) is 5.47. The lowest BCUT2D eigenvalue weighted by Gasteiger charge is -2.19. The van der Waals surface area contributed by atoms with Crippen LogP contribution in [0, 0.1) is 0 Å². The molecule has 2 atom stereocenters. The molecule has 0 fully saturated rings. The van der Waals surface area contributed by atoms with E-state index in [4.69, 9.17) is 19.6 Å². The highest BCUT2D eigenvalue weighted by atomic mass is 16.5. The van der Waals surface area contributed by atoms with Crippen LogP contribution in [-0.2, 0) is 9.59 Å². The second-order valence-electron chi connectivity index (χ2n) is 7.82. The van der Waals surface area contributed by atoms with E-state index in [9.17, 15) is 14.4 Å². The van der Waals surface area contributed by atoms with Crippen LogP contribution in [0.1, 0.15) is 17.0 Å². The zero-order valence-electron chi connectivity index (χ0n) is 17.9. The van der Waals surface area contributed by atoms with Gasteiger partial charge < -0.3 is 24.9 Å². The summed E-state index contributed by atoms with van der Waals surface area (Å²) in [6.07, 6.45) is -1.01. The van der Waals surface area contributed by atoms with Crippen molar-refractivity contribution in [2.75, 3.05) is 11.9 Å². The van der Waals surface area contributed by atoms with Crippen molar-refractivity contribution in [2.45, 2.75) is 12.0 Å².